The Hall–Kier alpha value is -1.32. The molecule has 2 N–H and O–H groups in total. The first-order chi connectivity index (χ1) is 7.34. The highest BCUT2D eigenvalue weighted by Crippen LogP contribution is 2.10. The van der Waals surface area contributed by atoms with Crippen LogP contribution in [0.5, 0.6) is 0 Å². The lowest BCUT2D eigenvalue weighted by atomic mass is 10.2. The first kappa shape index (κ1) is 10.2. The lowest BCUT2D eigenvalue weighted by molar-refractivity contribution is 0.669. The largest absolute Gasteiger partial charge is 0.348 e. The summed E-state index contributed by atoms with van der Waals surface area (Å²) in [5.41, 5.74) is 1.18. The van der Waals surface area contributed by atoms with Crippen LogP contribution in [0.2, 0.25) is 5.02 Å². The fourth-order valence-corrected chi connectivity index (χ4v) is 1.58. The van der Waals surface area contributed by atoms with Crippen molar-refractivity contribution in [1.29, 1.82) is 0 Å². The van der Waals surface area contributed by atoms with E-state index >= 15 is 0 Å². The maximum absolute atomic E-state index is 5.88. The Morgan fingerprint density at radius 3 is 3.00 bits per heavy atom. The number of halogens is 1. The average Bonchev–Trinajstić information content (AvgIpc) is 2.71. The molecule has 0 fully saturated rings. The van der Waals surface area contributed by atoms with Gasteiger partial charge in [0.05, 0.1) is 6.54 Å². The molecule has 2 rings (SSSR count). The van der Waals surface area contributed by atoms with Crippen molar-refractivity contribution in [2.24, 2.45) is 0 Å². The number of benzene rings is 1. The van der Waals surface area contributed by atoms with Crippen molar-refractivity contribution in [2.75, 3.05) is 0 Å². The third-order valence-electron chi connectivity index (χ3n) is 2.07. The Balaban J connectivity index is 1.83. The molecule has 0 amide bonds. The van der Waals surface area contributed by atoms with Crippen molar-refractivity contribution in [3.63, 3.8) is 0 Å². The van der Waals surface area contributed by atoms with E-state index in [1.807, 2.05) is 30.5 Å². The first-order valence-electron chi connectivity index (χ1n) is 4.78. The van der Waals surface area contributed by atoms with Crippen molar-refractivity contribution in [1.82, 2.24) is 15.3 Å². The molecule has 0 aliphatic carbocycles. The van der Waals surface area contributed by atoms with E-state index in [1.165, 1.54) is 5.56 Å². The minimum atomic E-state index is 0.736. The minimum absolute atomic E-state index is 0.736. The highest BCUT2D eigenvalue weighted by Gasteiger charge is 1.95. The number of nitrogens with one attached hydrogen (secondary N) is 2. The summed E-state index contributed by atoms with van der Waals surface area (Å²) in [5, 5.41) is 4.05. The number of nitrogens with zero attached hydrogens (tertiary/aromatic N) is 1. The average molecular weight is 222 g/mol. The van der Waals surface area contributed by atoms with Crippen LogP contribution in [-0.4, -0.2) is 9.97 Å². The fourth-order valence-electron chi connectivity index (χ4n) is 1.37. The van der Waals surface area contributed by atoms with E-state index in [4.69, 9.17) is 11.6 Å². The van der Waals surface area contributed by atoms with Crippen LogP contribution in [0.15, 0.2) is 36.7 Å². The van der Waals surface area contributed by atoms with Crippen molar-refractivity contribution < 1.29 is 0 Å². The summed E-state index contributed by atoms with van der Waals surface area (Å²) in [7, 11) is 0. The predicted molar refractivity (Wildman–Crippen MR) is 60.6 cm³/mol. The summed E-state index contributed by atoms with van der Waals surface area (Å²) < 4.78 is 0. The van der Waals surface area contributed by atoms with Gasteiger partial charge in [-0.05, 0) is 17.7 Å². The number of imidazole rings is 1. The molecule has 0 spiro atoms. The number of aromatic amines is 1. The zero-order valence-corrected chi connectivity index (χ0v) is 8.96. The van der Waals surface area contributed by atoms with Gasteiger partial charge in [-0.25, -0.2) is 4.98 Å². The molecule has 0 radical (unpaired) electrons. The molecule has 0 saturated heterocycles. The monoisotopic (exact) mass is 221 g/mol. The van der Waals surface area contributed by atoms with Crippen LogP contribution in [0.4, 0.5) is 0 Å². The summed E-state index contributed by atoms with van der Waals surface area (Å²) in [6.07, 6.45) is 3.56. The molecule has 0 aliphatic heterocycles. The second kappa shape index (κ2) is 4.96. The molecule has 4 heteroatoms. The van der Waals surface area contributed by atoms with Crippen molar-refractivity contribution >= 4 is 11.6 Å². The molecule has 0 atom stereocenters. The van der Waals surface area contributed by atoms with E-state index in [-0.39, 0.29) is 0 Å². The highest BCUT2D eigenvalue weighted by molar-refractivity contribution is 6.30. The quantitative estimate of drug-likeness (QED) is 0.832. The Bertz CT molecular complexity index is 412. The molecule has 0 unspecified atom stereocenters. The van der Waals surface area contributed by atoms with Gasteiger partial charge in [-0.1, -0.05) is 23.7 Å². The molecule has 3 nitrogen and oxygen atoms in total. The van der Waals surface area contributed by atoms with E-state index in [0.29, 0.717) is 0 Å². The number of aromatic nitrogens is 2. The lowest BCUT2D eigenvalue weighted by Crippen LogP contribution is -2.13. The van der Waals surface area contributed by atoms with Crippen LogP contribution in [0.25, 0.3) is 0 Å². The molecular weight excluding hydrogens is 210 g/mol. The molecule has 1 heterocycles. The minimum Gasteiger partial charge on any atom is -0.348 e. The second-order valence-electron chi connectivity index (χ2n) is 3.27. The van der Waals surface area contributed by atoms with Crippen LogP contribution in [0, 0.1) is 0 Å². The van der Waals surface area contributed by atoms with Crippen LogP contribution in [-0.2, 0) is 13.1 Å². The van der Waals surface area contributed by atoms with E-state index < -0.39 is 0 Å². The fraction of sp³-hybridized carbons (Fsp3) is 0.182. The Kier molecular flexibility index (Phi) is 3.37. The summed E-state index contributed by atoms with van der Waals surface area (Å²) in [5.74, 6) is 0.942. The van der Waals surface area contributed by atoms with E-state index in [9.17, 15) is 0 Å². The van der Waals surface area contributed by atoms with Gasteiger partial charge in [0, 0.05) is 24.0 Å². The Morgan fingerprint density at radius 1 is 1.33 bits per heavy atom. The van der Waals surface area contributed by atoms with Crippen molar-refractivity contribution in [2.45, 2.75) is 13.1 Å². The number of H-pyrrole nitrogens is 1. The van der Waals surface area contributed by atoms with Crippen LogP contribution in [0.1, 0.15) is 11.4 Å². The summed E-state index contributed by atoms with van der Waals surface area (Å²) >= 11 is 5.88. The molecule has 15 heavy (non-hydrogen) atoms. The molecular formula is C11H12ClN3. The number of hydrogen-bond donors (Lipinski definition) is 2. The van der Waals surface area contributed by atoms with Gasteiger partial charge in [0.15, 0.2) is 0 Å². The van der Waals surface area contributed by atoms with Gasteiger partial charge in [-0.3, -0.25) is 0 Å². The molecule has 2 aromatic rings. The molecule has 1 aromatic carbocycles. The maximum Gasteiger partial charge on any atom is 0.120 e. The SMILES string of the molecule is Clc1cccc(CNCc2ncc[nH]2)c1. The zero-order valence-electron chi connectivity index (χ0n) is 8.20. The van der Waals surface area contributed by atoms with Crippen LogP contribution >= 0.6 is 11.6 Å². The maximum atomic E-state index is 5.88. The third kappa shape index (κ3) is 3.08. The highest BCUT2D eigenvalue weighted by atomic mass is 35.5. The van der Waals surface area contributed by atoms with Crippen molar-refractivity contribution in [3.05, 3.63) is 53.1 Å². The van der Waals surface area contributed by atoms with Crippen LogP contribution < -0.4 is 5.32 Å². The Morgan fingerprint density at radius 2 is 2.27 bits per heavy atom. The Labute approximate surface area is 93.5 Å². The molecule has 0 bridgehead atoms. The molecule has 0 aliphatic rings. The van der Waals surface area contributed by atoms with Gasteiger partial charge in [-0.15, -0.1) is 0 Å². The summed E-state index contributed by atoms with van der Waals surface area (Å²) in [6, 6.07) is 7.82. The summed E-state index contributed by atoms with van der Waals surface area (Å²) in [4.78, 5) is 7.16. The van der Waals surface area contributed by atoms with Gasteiger partial charge in [0.2, 0.25) is 0 Å². The standard InChI is InChI=1S/C11H12ClN3/c12-10-3-1-2-9(6-10)7-13-8-11-14-4-5-15-11/h1-6,13H,7-8H2,(H,14,15). The van der Waals surface area contributed by atoms with E-state index in [1.54, 1.807) is 6.20 Å². The smallest absolute Gasteiger partial charge is 0.120 e. The number of hydrogen-bond acceptors (Lipinski definition) is 2. The van der Waals surface area contributed by atoms with Gasteiger partial charge in [0.25, 0.3) is 0 Å². The van der Waals surface area contributed by atoms with Gasteiger partial charge >= 0.3 is 0 Å². The first-order valence-corrected chi connectivity index (χ1v) is 5.16. The predicted octanol–water partition coefficient (Wildman–Crippen LogP) is 2.35. The van der Waals surface area contributed by atoms with Crippen molar-refractivity contribution in [3.8, 4) is 0 Å². The number of rotatable bonds is 4. The van der Waals surface area contributed by atoms with Gasteiger partial charge in [0.1, 0.15) is 5.82 Å². The topological polar surface area (TPSA) is 40.7 Å². The zero-order chi connectivity index (χ0) is 10.5. The molecule has 78 valence electrons. The van der Waals surface area contributed by atoms with Gasteiger partial charge in [-0.2, -0.15) is 0 Å². The third-order valence-corrected chi connectivity index (χ3v) is 2.30. The van der Waals surface area contributed by atoms with E-state index in [2.05, 4.69) is 15.3 Å². The van der Waals surface area contributed by atoms with Crippen LogP contribution in [0.3, 0.4) is 0 Å². The normalized spacial score (nSPS) is 10.5. The molecule has 1 aromatic heterocycles. The second-order valence-corrected chi connectivity index (χ2v) is 3.71. The summed E-state index contributed by atoms with van der Waals surface area (Å²) in [6.45, 7) is 1.53. The lowest BCUT2D eigenvalue weighted by Gasteiger charge is -2.03. The molecule has 0 saturated carbocycles. The van der Waals surface area contributed by atoms with E-state index in [0.717, 1.165) is 23.9 Å². The van der Waals surface area contributed by atoms with Gasteiger partial charge < -0.3 is 10.3 Å².